The molecule has 3 heteroatoms. The van der Waals surface area contributed by atoms with Gasteiger partial charge in [-0.25, -0.2) is 0 Å². The van der Waals surface area contributed by atoms with Gasteiger partial charge in [-0.1, -0.05) is 43.6 Å². The molecule has 0 spiro atoms. The van der Waals surface area contributed by atoms with E-state index in [9.17, 15) is 0 Å². The second-order valence-electron chi connectivity index (χ2n) is 4.85. The molecular formula is C16H26ClNS. The minimum absolute atomic E-state index is 0.695. The Bertz CT molecular complexity index is 343. The Kier molecular flexibility index (Phi) is 9.40. The summed E-state index contributed by atoms with van der Waals surface area (Å²) < 4.78 is 0. The van der Waals surface area contributed by atoms with Crippen molar-refractivity contribution < 1.29 is 0 Å². The summed E-state index contributed by atoms with van der Waals surface area (Å²) in [6.45, 7) is 5.63. The maximum Gasteiger partial charge on any atom is 0.0446 e. The topological polar surface area (TPSA) is 12.0 Å². The van der Waals surface area contributed by atoms with E-state index in [0.717, 1.165) is 17.3 Å². The first-order chi connectivity index (χ1) is 9.27. The van der Waals surface area contributed by atoms with Crippen LogP contribution < -0.4 is 5.32 Å². The van der Waals surface area contributed by atoms with Gasteiger partial charge in [0.1, 0.15) is 0 Å². The van der Waals surface area contributed by atoms with E-state index in [4.69, 9.17) is 11.6 Å². The number of rotatable bonds is 10. The Hall–Kier alpha value is -0.180. The van der Waals surface area contributed by atoms with Crippen LogP contribution in [0.4, 0.5) is 0 Å². The molecule has 0 saturated heterocycles. The van der Waals surface area contributed by atoms with Gasteiger partial charge in [0, 0.05) is 16.8 Å². The Morgan fingerprint density at radius 1 is 1.26 bits per heavy atom. The van der Waals surface area contributed by atoms with E-state index in [2.05, 4.69) is 31.3 Å². The maximum atomic E-state index is 6.14. The molecule has 1 N–H and O–H groups in total. The van der Waals surface area contributed by atoms with E-state index in [1.165, 1.54) is 37.0 Å². The molecule has 0 fully saturated rings. The summed E-state index contributed by atoms with van der Waals surface area (Å²) >= 11 is 8.13. The Morgan fingerprint density at radius 3 is 2.74 bits per heavy atom. The molecule has 0 aliphatic heterocycles. The second kappa shape index (κ2) is 10.6. The molecule has 0 amide bonds. The second-order valence-corrected chi connectivity index (χ2v) is 6.36. The van der Waals surface area contributed by atoms with Crippen molar-refractivity contribution in [2.75, 3.05) is 12.3 Å². The zero-order valence-electron chi connectivity index (χ0n) is 12.1. The van der Waals surface area contributed by atoms with E-state index < -0.39 is 0 Å². The monoisotopic (exact) mass is 299 g/mol. The van der Waals surface area contributed by atoms with E-state index in [-0.39, 0.29) is 0 Å². The van der Waals surface area contributed by atoms with Crippen LogP contribution in [0.15, 0.2) is 24.3 Å². The largest absolute Gasteiger partial charge is 0.314 e. The molecule has 0 aliphatic rings. The zero-order chi connectivity index (χ0) is 13.9. The van der Waals surface area contributed by atoms with Crippen molar-refractivity contribution in [1.29, 1.82) is 0 Å². The third-order valence-electron chi connectivity index (χ3n) is 3.23. The van der Waals surface area contributed by atoms with Crippen LogP contribution in [0.2, 0.25) is 5.02 Å². The highest BCUT2D eigenvalue weighted by molar-refractivity contribution is 7.98. The fourth-order valence-corrected chi connectivity index (χ4v) is 3.30. The van der Waals surface area contributed by atoms with Crippen molar-refractivity contribution in [3.63, 3.8) is 0 Å². The average molecular weight is 300 g/mol. The molecule has 1 atom stereocenters. The standard InChI is InChI=1S/C16H26ClNS/c1-3-11-18-15(4-2)9-7-12-19-13-14-8-5-6-10-16(14)17/h5-6,8,10,15,18H,3-4,7,9,11-13H2,1-2H3. The highest BCUT2D eigenvalue weighted by atomic mass is 35.5. The molecule has 19 heavy (non-hydrogen) atoms. The first-order valence-corrected chi connectivity index (χ1v) is 8.85. The normalized spacial score (nSPS) is 12.6. The minimum atomic E-state index is 0.695. The van der Waals surface area contributed by atoms with E-state index in [1.807, 2.05) is 23.9 Å². The van der Waals surface area contributed by atoms with Crippen LogP contribution in [0.5, 0.6) is 0 Å². The molecule has 1 aromatic carbocycles. The molecule has 108 valence electrons. The molecule has 0 saturated carbocycles. The van der Waals surface area contributed by atoms with Crippen LogP contribution in [0.1, 0.15) is 45.1 Å². The fraction of sp³-hybridized carbons (Fsp3) is 0.625. The summed E-state index contributed by atoms with van der Waals surface area (Å²) in [5, 5.41) is 4.50. The van der Waals surface area contributed by atoms with Gasteiger partial charge in [-0.05, 0) is 49.6 Å². The predicted octanol–water partition coefficient (Wildman–Crippen LogP) is 5.13. The summed E-state index contributed by atoms with van der Waals surface area (Å²) in [5.41, 5.74) is 1.25. The zero-order valence-corrected chi connectivity index (χ0v) is 13.7. The smallest absolute Gasteiger partial charge is 0.0446 e. The third kappa shape index (κ3) is 7.24. The average Bonchev–Trinajstić information content (AvgIpc) is 2.43. The lowest BCUT2D eigenvalue weighted by Gasteiger charge is -2.16. The van der Waals surface area contributed by atoms with Crippen molar-refractivity contribution >= 4 is 23.4 Å². The number of hydrogen-bond donors (Lipinski definition) is 1. The molecular weight excluding hydrogens is 274 g/mol. The Balaban J connectivity index is 2.12. The lowest BCUT2D eigenvalue weighted by Crippen LogP contribution is -2.29. The van der Waals surface area contributed by atoms with Gasteiger partial charge in [0.25, 0.3) is 0 Å². The Morgan fingerprint density at radius 2 is 2.05 bits per heavy atom. The van der Waals surface area contributed by atoms with Crippen LogP contribution in [0.3, 0.4) is 0 Å². The maximum absolute atomic E-state index is 6.14. The fourth-order valence-electron chi connectivity index (χ4n) is 2.03. The molecule has 1 unspecified atom stereocenters. The number of halogens is 1. The van der Waals surface area contributed by atoms with Crippen molar-refractivity contribution in [2.45, 2.75) is 51.3 Å². The molecule has 0 heterocycles. The van der Waals surface area contributed by atoms with Crippen LogP contribution in [-0.4, -0.2) is 18.3 Å². The molecule has 0 aliphatic carbocycles. The van der Waals surface area contributed by atoms with Gasteiger partial charge in [-0.15, -0.1) is 0 Å². The first-order valence-electron chi connectivity index (χ1n) is 7.32. The van der Waals surface area contributed by atoms with Gasteiger partial charge in [-0.2, -0.15) is 11.8 Å². The van der Waals surface area contributed by atoms with Gasteiger partial charge < -0.3 is 5.32 Å². The predicted molar refractivity (Wildman–Crippen MR) is 89.2 cm³/mol. The van der Waals surface area contributed by atoms with Crippen molar-refractivity contribution in [3.8, 4) is 0 Å². The van der Waals surface area contributed by atoms with Crippen molar-refractivity contribution in [3.05, 3.63) is 34.9 Å². The molecule has 0 bridgehead atoms. The van der Waals surface area contributed by atoms with Crippen LogP contribution in [-0.2, 0) is 5.75 Å². The Labute approximate surface area is 127 Å². The van der Waals surface area contributed by atoms with Crippen molar-refractivity contribution in [1.82, 2.24) is 5.32 Å². The van der Waals surface area contributed by atoms with Gasteiger partial charge in [0.15, 0.2) is 0 Å². The van der Waals surface area contributed by atoms with Gasteiger partial charge in [0.2, 0.25) is 0 Å². The number of benzene rings is 1. The quantitative estimate of drug-likeness (QED) is 0.601. The van der Waals surface area contributed by atoms with Crippen LogP contribution in [0, 0.1) is 0 Å². The van der Waals surface area contributed by atoms with Crippen LogP contribution >= 0.6 is 23.4 Å². The summed E-state index contributed by atoms with van der Waals surface area (Å²) in [4.78, 5) is 0. The van der Waals surface area contributed by atoms with E-state index in [0.29, 0.717) is 6.04 Å². The highest BCUT2D eigenvalue weighted by Crippen LogP contribution is 2.21. The lowest BCUT2D eigenvalue weighted by molar-refractivity contribution is 0.465. The summed E-state index contributed by atoms with van der Waals surface area (Å²) in [6.07, 6.45) is 5.02. The van der Waals surface area contributed by atoms with Crippen molar-refractivity contribution in [2.24, 2.45) is 0 Å². The first kappa shape index (κ1) is 16.9. The molecule has 1 nitrogen and oxygen atoms in total. The number of nitrogens with one attached hydrogen (secondary N) is 1. The highest BCUT2D eigenvalue weighted by Gasteiger charge is 2.04. The summed E-state index contributed by atoms with van der Waals surface area (Å²) in [6, 6.07) is 8.83. The SMILES string of the molecule is CCCNC(CC)CCCSCc1ccccc1Cl. The molecule has 0 radical (unpaired) electrons. The van der Waals surface area contributed by atoms with E-state index >= 15 is 0 Å². The lowest BCUT2D eigenvalue weighted by atomic mass is 10.1. The number of thioether (sulfide) groups is 1. The molecule has 1 rings (SSSR count). The van der Waals surface area contributed by atoms with Gasteiger partial charge in [-0.3, -0.25) is 0 Å². The third-order valence-corrected chi connectivity index (χ3v) is 4.69. The molecule has 1 aromatic rings. The number of hydrogen-bond acceptors (Lipinski definition) is 2. The van der Waals surface area contributed by atoms with Gasteiger partial charge >= 0.3 is 0 Å². The summed E-state index contributed by atoms with van der Waals surface area (Å²) in [5.74, 6) is 2.24. The van der Waals surface area contributed by atoms with Gasteiger partial charge in [0.05, 0.1) is 0 Å². The van der Waals surface area contributed by atoms with Crippen LogP contribution in [0.25, 0.3) is 0 Å². The molecule has 0 aromatic heterocycles. The summed E-state index contributed by atoms with van der Waals surface area (Å²) in [7, 11) is 0. The van der Waals surface area contributed by atoms with E-state index in [1.54, 1.807) is 0 Å². The minimum Gasteiger partial charge on any atom is -0.314 e.